The van der Waals surface area contributed by atoms with Crippen molar-refractivity contribution in [3.8, 4) is 16.3 Å². The van der Waals surface area contributed by atoms with Gasteiger partial charge in [0.15, 0.2) is 0 Å². The molecule has 41 heavy (non-hydrogen) atoms. The van der Waals surface area contributed by atoms with Gasteiger partial charge in [0.25, 0.3) is 0 Å². The number of hydrogen-bond donors (Lipinski definition) is 1. The van der Waals surface area contributed by atoms with Crippen molar-refractivity contribution in [1.82, 2.24) is 19.8 Å². The lowest BCUT2D eigenvalue weighted by Crippen LogP contribution is -2.50. The van der Waals surface area contributed by atoms with E-state index >= 15 is 0 Å². The predicted molar refractivity (Wildman–Crippen MR) is 165 cm³/mol. The van der Waals surface area contributed by atoms with Gasteiger partial charge in [-0.1, -0.05) is 54.6 Å². The number of rotatable bonds is 7. The Morgan fingerprint density at radius 1 is 0.829 bits per heavy atom. The van der Waals surface area contributed by atoms with Crippen molar-refractivity contribution < 1.29 is 9.84 Å². The lowest BCUT2D eigenvalue weighted by atomic mass is 9.92. The topological polar surface area (TPSA) is 61.7 Å². The Morgan fingerprint density at radius 2 is 1.51 bits per heavy atom. The van der Waals surface area contributed by atoms with E-state index in [1.165, 1.54) is 22.3 Å². The lowest BCUT2D eigenvalue weighted by molar-refractivity contribution is 0.0404. The van der Waals surface area contributed by atoms with Gasteiger partial charge in [-0.25, -0.2) is 4.98 Å². The van der Waals surface area contributed by atoms with Gasteiger partial charge < -0.3 is 9.84 Å². The van der Waals surface area contributed by atoms with E-state index in [4.69, 9.17) is 9.72 Å². The molecule has 208 valence electrons. The number of nitrogens with zero attached hydrogens (tertiary/aromatic N) is 4. The van der Waals surface area contributed by atoms with Crippen LogP contribution in [0.5, 0.6) is 5.75 Å². The number of β-amino-alcohol motifs (C(OH)–C–C–N with tert-alkyl or cyclic N) is 1. The summed E-state index contributed by atoms with van der Waals surface area (Å²) in [7, 11) is 0. The van der Waals surface area contributed by atoms with E-state index in [-0.39, 0.29) is 12.6 Å². The molecule has 1 N–H and O–H groups in total. The lowest BCUT2D eigenvalue weighted by Gasteiger charge is -2.40. The maximum atomic E-state index is 10.9. The Morgan fingerprint density at radius 3 is 2.22 bits per heavy atom. The minimum absolute atomic E-state index is 0.255. The molecule has 1 atom stereocenters. The number of piperazine rings is 1. The molecule has 0 saturated carbocycles. The number of aliphatic hydroxyl groups is 1. The molecular formula is C34H34N4O2S. The van der Waals surface area contributed by atoms with Gasteiger partial charge in [0.1, 0.15) is 23.5 Å². The maximum absolute atomic E-state index is 10.9. The Kier molecular flexibility index (Phi) is 7.50. The zero-order valence-electron chi connectivity index (χ0n) is 23.0. The number of thiazole rings is 1. The molecular weight excluding hydrogens is 528 g/mol. The summed E-state index contributed by atoms with van der Waals surface area (Å²) >= 11 is 1.61. The fraction of sp³-hybridized carbons (Fsp3) is 0.294. The molecule has 0 spiro atoms. The summed E-state index contributed by atoms with van der Waals surface area (Å²) < 4.78 is 7.15. The van der Waals surface area contributed by atoms with Gasteiger partial charge in [-0.3, -0.25) is 14.8 Å². The number of hydrogen-bond acceptors (Lipinski definition) is 7. The van der Waals surface area contributed by atoms with Gasteiger partial charge in [0, 0.05) is 50.7 Å². The highest BCUT2D eigenvalue weighted by Crippen LogP contribution is 2.38. The quantitative estimate of drug-likeness (QED) is 0.279. The van der Waals surface area contributed by atoms with Gasteiger partial charge in [-0.05, 0) is 59.4 Å². The van der Waals surface area contributed by atoms with Crippen LogP contribution in [0.2, 0.25) is 0 Å². The Bertz CT molecular complexity index is 1580. The summed E-state index contributed by atoms with van der Waals surface area (Å²) in [6, 6.07) is 28.1. The van der Waals surface area contributed by atoms with Crippen LogP contribution in [-0.4, -0.2) is 70.3 Å². The van der Waals surface area contributed by atoms with Crippen molar-refractivity contribution in [2.45, 2.75) is 25.0 Å². The van der Waals surface area contributed by atoms with Gasteiger partial charge in [-0.15, -0.1) is 11.3 Å². The number of aryl methyl sites for hydroxylation is 2. The smallest absolute Gasteiger partial charge is 0.138 e. The molecule has 3 heterocycles. The van der Waals surface area contributed by atoms with Gasteiger partial charge in [0.2, 0.25) is 0 Å². The van der Waals surface area contributed by atoms with Crippen molar-refractivity contribution in [2.24, 2.45) is 0 Å². The van der Waals surface area contributed by atoms with E-state index in [0.717, 1.165) is 65.6 Å². The molecule has 2 aromatic heterocycles. The fourth-order valence-electron chi connectivity index (χ4n) is 6.28. The second-order valence-corrected chi connectivity index (χ2v) is 12.0. The molecule has 0 radical (unpaired) electrons. The van der Waals surface area contributed by atoms with Crippen LogP contribution in [0.4, 0.5) is 0 Å². The summed E-state index contributed by atoms with van der Waals surface area (Å²) in [6.45, 7) is 4.66. The first-order chi connectivity index (χ1) is 20.2. The van der Waals surface area contributed by atoms with Crippen LogP contribution in [0, 0.1) is 0 Å². The fourth-order valence-corrected chi connectivity index (χ4v) is 7.32. The highest BCUT2D eigenvalue weighted by molar-refractivity contribution is 7.22. The summed E-state index contributed by atoms with van der Waals surface area (Å²) in [5, 5.41) is 11.9. The third kappa shape index (κ3) is 5.51. The number of pyridine rings is 1. The van der Waals surface area contributed by atoms with E-state index in [2.05, 4.69) is 63.3 Å². The Hall–Kier alpha value is -3.62. The molecule has 1 aliphatic heterocycles. The highest BCUT2D eigenvalue weighted by atomic mass is 32.1. The first-order valence-corrected chi connectivity index (χ1v) is 15.3. The molecule has 6 nitrogen and oxygen atoms in total. The summed E-state index contributed by atoms with van der Waals surface area (Å²) in [5.41, 5.74) is 7.78. The molecule has 7 heteroatoms. The zero-order chi connectivity index (χ0) is 27.6. The molecule has 2 aliphatic rings. The first kappa shape index (κ1) is 26.3. The summed E-state index contributed by atoms with van der Waals surface area (Å²) in [6.07, 6.45) is 5.18. The molecule has 5 aromatic rings. The molecule has 3 aromatic carbocycles. The Labute approximate surface area is 244 Å². The van der Waals surface area contributed by atoms with Gasteiger partial charge in [-0.2, -0.15) is 0 Å². The van der Waals surface area contributed by atoms with Crippen LogP contribution in [0.15, 0.2) is 91.3 Å². The predicted octanol–water partition coefficient (Wildman–Crippen LogP) is 5.60. The van der Waals surface area contributed by atoms with Crippen molar-refractivity contribution in [3.05, 3.63) is 114 Å². The normalized spacial score (nSPS) is 17.1. The molecule has 1 aliphatic carbocycles. The van der Waals surface area contributed by atoms with E-state index in [9.17, 15) is 5.11 Å². The molecule has 1 saturated heterocycles. The van der Waals surface area contributed by atoms with E-state index < -0.39 is 6.10 Å². The third-order valence-corrected chi connectivity index (χ3v) is 9.48. The largest absolute Gasteiger partial charge is 0.489 e. The van der Waals surface area contributed by atoms with Gasteiger partial charge in [0.05, 0.1) is 16.3 Å². The minimum atomic E-state index is -0.566. The third-order valence-electron chi connectivity index (χ3n) is 8.34. The van der Waals surface area contributed by atoms with E-state index in [0.29, 0.717) is 6.54 Å². The number of fused-ring (bicyclic) bond motifs is 3. The minimum Gasteiger partial charge on any atom is -0.489 e. The molecule has 0 bridgehead atoms. The SMILES string of the molecule is OC(COc1cccc2nc(-c3ccncc3)sc12)CN1CCN(C2c3ccccc3CCc3ccccc32)CC1. The average molecular weight is 563 g/mol. The molecule has 7 rings (SSSR count). The maximum Gasteiger partial charge on any atom is 0.138 e. The number of benzene rings is 3. The van der Waals surface area contributed by atoms with Crippen LogP contribution >= 0.6 is 11.3 Å². The zero-order valence-corrected chi connectivity index (χ0v) is 23.8. The first-order valence-electron chi connectivity index (χ1n) is 14.5. The van der Waals surface area contributed by atoms with Crippen LogP contribution in [0.1, 0.15) is 28.3 Å². The summed E-state index contributed by atoms with van der Waals surface area (Å²) in [5.74, 6) is 0.773. The van der Waals surface area contributed by atoms with Crippen molar-refractivity contribution in [2.75, 3.05) is 39.3 Å². The van der Waals surface area contributed by atoms with Crippen LogP contribution < -0.4 is 4.74 Å². The monoisotopic (exact) mass is 562 g/mol. The number of aromatic nitrogens is 2. The van der Waals surface area contributed by atoms with Gasteiger partial charge >= 0.3 is 0 Å². The second-order valence-electron chi connectivity index (χ2n) is 11.0. The molecule has 1 fully saturated rings. The van der Waals surface area contributed by atoms with Crippen LogP contribution in [0.3, 0.4) is 0 Å². The summed E-state index contributed by atoms with van der Waals surface area (Å²) in [4.78, 5) is 13.9. The standard InChI is InChI=1S/C34H34N4O2S/c39-27(23-40-31-11-5-10-30-33(31)41-34(36-30)26-14-16-35-17-15-26)22-37-18-20-38(21-19-37)32-28-8-3-1-6-24(28)12-13-25-7-2-4-9-29(25)32/h1-11,14-17,27,32,39H,12-13,18-23H2. The van der Waals surface area contributed by atoms with Crippen molar-refractivity contribution in [1.29, 1.82) is 0 Å². The molecule has 1 unspecified atom stereocenters. The van der Waals surface area contributed by atoms with Crippen LogP contribution in [0.25, 0.3) is 20.8 Å². The second kappa shape index (κ2) is 11.7. The average Bonchev–Trinajstić information content (AvgIpc) is 3.39. The van der Waals surface area contributed by atoms with E-state index in [1.807, 2.05) is 30.3 Å². The van der Waals surface area contributed by atoms with Crippen molar-refractivity contribution >= 4 is 21.6 Å². The van der Waals surface area contributed by atoms with E-state index in [1.54, 1.807) is 23.7 Å². The number of ether oxygens (including phenoxy) is 1. The number of aliphatic hydroxyl groups excluding tert-OH is 1. The van der Waals surface area contributed by atoms with Crippen LogP contribution in [-0.2, 0) is 12.8 Å². The molecule has 0 amide bonds. The Balaban J connectivity index is 0.988. The van der Waals surface area contributed by atoms with Crippen molar-refractivity contribution in [3.63, 3.8) is 0 Å². The highest BCUT2D eigenvalue weighted by Gasteiger charge is 2.31.